The molecule has 20 heteroatoms. The summed E-state index contributed by atoms with van der Waals surface area (Å²) in [6.07, 6.45) is 26.9. The maximum atomic E-state index is 11.9. The average molecular weight is 951 g/mol. The van der Waals surface area contributed by atoms with Crippen molar-refractivity contribution in [2.24, 2.45) is 23.7 Å². The molecular weight excluding hydrogens is 878 g/mol. The number of likely N-dealkylation sites (tertiary alicyclic amines) is 2. The monoisotopic (exact) mass is 948 g/mol. The van der Waals surface area contributed by atoms with E-state index < -0.39 is 11.2 Å². The van der Waals surface area contributed by atoms with Gasteiger partial charge in [-0.05, 0) is 117 Å². The van der Waals surface area contributed by atoms with E-state index in [9.17, 15) is 9.59 Å². The first kappa shape index (κ1) is 56.5. The van der Waals surface area contributed by atoms with E-state index in [0.717, 1.165) is 90.1 Å². The number of amides is 2. The number of ether oxygens (including phenoxy) is 2. The molecule has 62 heavy (non-hydrogen) atoms. The van der Waals surface area contributed by atoms with Gasteiger partial charge in [-0.2, -0.15) is 0 Å². The summed E-state index contributed by atoms with van der Waals surface area (Å²) >= 11 is 0. The number of imidazole rings is 4. The van der Waals surface area contributed by atoms with Gasteiger partial charge in [0, 0.05) is 102 Å². The zero-order chi connectivity index (χ0) is 41.4. The first-order valence-corrected chi connectivity index (χ1v) is 21.0. The van der Waals surface area contributed by atoms with Crippen molar-refractivity contribution >= 4 is 61.8 Å². The van der Waals surface area contributed by atoms with Gasteiger partial charge in [-0.25, -0.2) is 29.5 Å². The quantitative estimate of drug-likeness (QED) is 0.190. The van der Waals surface area contributed by atoms with Gasteiger partial charge in [0.05, 0.1) is 25.3 Å². The molecule has 0 spiro atoms. The summed E-state index contributed by atoms with van der Waals surface area (Å²) in [5.41, 5.74) is -0.834. The molecule has 8 rings (SSSR count). The van der Waals surface area contributed by atoms with Gasteiger partial charge in [0.1, 0.15) is 11.2 Å². The van der Waals surface area contributed by atoms with Crippen LogP contribution in [0.25, 0.3) is 0 Å². The largest absolute Gasteiger partial charge is 0.444 e. The van der Waals surface area contributed by atoms with E-state index in [4.69, 9.17) is 9.47 Å². The molecule has 0 bridgehead atoms. The standard InChI is InChI=1S/2C13H21N3O2.2C8H13N3.4ClH/c2*1-13(2,3)18-12(17)16-6-4-11(9-16)8-15-7-5-14-10-15;2*1-2-9-5-8(1)6-11-4-3-10-7-11;;;;/h2*5,7,10-11H,4,6,8-9H2,1-3H3;2*3-4,7-9H,1-2,5-6H2;4*1H/t2*11-;2*8-;;;;/m1010..../s1. The second-order valence-corrected chi connectivity index (χ2v) is 17.9. The summed E-state index contributed by atoms with van der Waals surface area (Å²) in [4.78, 5) is 43.4. The first-order valence-electron chi connectivity index (χ1n) is 21.0. The molecule has 4 saturated heterocycles. The van der Waals surface area contributed by atoms with Gasteiger partial charge < -0.3 is 48.2 Å². The van der Waals surface area contributed by atoms with E-state index in [-0.39, 0.29) is 61.8 Å². The van der Waals surface area contributed by atoms with E-state index in [1.165, 1.54) is 25.9 Å². The predicted octanol–water partition coefficient (Wildman–Crippen LogP) is 6.95. The van der Waals surface area contributed by atoms with Gasteiger partial charge in [-0.3, -0.25) is 0 Å². The zero-order valence-corrected chi connectivity index (χ0v) is 40.6. The molecular formula is C42H72Cl4N12O4. The Morgan fingerprint density at radius 2 is 0.823 bits per heavy atom. The third-order valence-electron chi connectivity index (χ3n) is 10.3. The molecule has 0 unspecified atom stereocenters. The summed E-state index contributed by atoms with van der Waals surface area (Å²) in [5.74, 6) is 2.60. The molecule has 4 atom stereocenters. The van der Waals surface area contributed by atoms with Crippen molar-refractivity contribution in [3.8, 4) is 0 Å². The van der Waals surface area contributed by atoms with Crippen molar-refractivity contribution in [3.63, 3.8) is 0 Å². The molecule has 16 nitrogen and oxygen atoms in total. The summed E-state index contributed by atoms with van der Waals surface area (Å²) in [6.45, 7) is 23.2. The van der Waals surface area contributed by atoms with Crippen LogP contribution in [0.3, 0.4) is 0 Å². The SMILES string of the molecule is CC(C)(C)OC(=O)N1CC[C@@H](Cn2ccnc2)C1.CC(C)(C)OC(=O)N1CC[C@H](Cn2ccnc2)C1.Cl.Cl.Cl.Cl.c1cn(C[C@@H]2CCNC2)cn1.c1cn(C[C@H]2CCNC2)cn1. The Hall–Kier alpha value is -3.54. The Balaban J connectivity index is 0.000000414. The van der Waals surface area contributed by atoms with Crippen LogP contribution in [0.1, 0.15) is 67.2 Å². The molecule has 0 radical (unpaired) electrons. The Morgan fingerprint density at radius 1 is 0.516 bits per heavy atom. The van der Waals surface area contributed by atoms with Crippen LogP contribution in [-0.2, 0) is 35.7 Å². The van der Waals surface area contributed by atoms with Crippen molar-refractivity contribution in [3.05, 3.63) is 74.9 Å². The van der Waals surface area contributed by atoms with E-state index in [1.807, 2.05) is 104 Å². The first-order chi connectivity index (χ1) is 27.8. The Morgan fingerprint density at radius 3 is 1.06 bits per heavy atom. The minimum atomic E-state index is -0.417. The molecule has 4 aromatic heterocycles. The second kappa shape index (κ2) is 28.3. The number of aromatic nitrogens is 8. The van der Waals surface area contributed by atoms with Crippen LogP contribution in [0.4, 0.5) is 9.59 Å². The highest BCUT2D eigenvalue weighted by atomic mass is 35.5. The van der Waals surface area contributed by atoms with Gasteiger partial charge in [0.15, 0.2) is 0 Å². The normalized spacial score (nSPS) is 20.3. The minimum absolute atomic E-state index is 0. The smallest absolute Gasteiger partial charge is 0.410 e. The molecule has 8 heterocycles. The van der Waals surface area contributed by atoms with Crippen molar-refractivity contribution in [1.29, 1.82) is 0 Å². The number of nitrogens with one attached hydrogen (secondary N) is 2. The Bertz CT molecular complexity index is 1580. The van der Waals surface area contributed by atoms with Gasteiger partial charge in [0.25, 0.3) is 0 Å². The molecule has 4 fully saturated rings. The number of nitrogens with zero attached hydrogens (tertiary/aromatic N) is 10. The van der Waals surface area contributed by atoms with Crippen molar-refractivity contribution in [2.75, 3.05) is 52.4 Å². The number of carbonyl (C=O) groups excluding carboxylic acids is 2. The van der Waals surface area contributed by atoms with Gasteiger partial charge in [-0.15, -0.1) is 49.6 Å². The van der Waals surface area contributed by atoms with Crippen molar-refractivity contribution in [1.82, 2.24) is 58.6 Å². The van der Waals surface area contributed by atoms with Crippen molar-refractivity contribution < 1.29 is 19.1 Å². The average Bonchev–Trinajstić information content (AvgIpc) is 4.02. The molecule has 2 N–H and O–H groups in total. The van der Waals surface area contributed by atoms with Gasteiger partial charge in [0.2, 0.25) is 0 Å². The zero-order valence-electron chi connectivity index (χ0n) is 37.3. The highest BCUT2D eigenvalue weighted by Crippen LogP contribution is 2.22. The van der Waals surface area contributed by atoms with Gasteiger partial charge >= 0.3 is 12.2 Å². The van der Waals surface area contributed by atoms with Crippen LogP contribution in [0.2, 0.25) is 0 Å². The Labute approximate surface area is 393 Å². The fraction of sp³-hybridized carbons (Fsp3) is 0.667. The van der Waals surface area contributed by atoms with E-state index >= 15 is 0 Å². The van der Waals surface area contributed by atoms with E-state index in [0.29, 0.717) is 11.8 Å². The summed E-state index contributed by atoms with van der Waals surface area (Å²) < 4.78 is 19.2. The van der Waals surface area contributed by atoms with Crippen LogP contribution in [-0.4, -0.2) is 124 Å². The highest BCUT2D eigenvalue weighted by Gasteiger charge is 2.31. The Kier molecular flexibility index (Phi) is 25.8. The number of hydrogen-bond donors (Lipinski definition) is 2. The molecule has 352 valence electrons. The van der Waals surface area contributed by atoms with Crippen LogP contribution in [0.5, 0.6) is 0 Å². The lowest BCUT2D eigenvalue weighted by Crippen LogP contribution is -2.35. The number of carbonyl (C=O) groups is 2. The molecule has 0 saturated carbocycles. The molecule has 4 aromatic rings. The molecule has 0 aliphatic carbocycles. The highest BCUT2D eigenvalue weighted by molar-refractivity contribution is 5.86. The third-order valence-corrected chi connectivity index (χ3v) is 10.3. The fourth-order valence-corrected chi connectivity index (χ4v) is 7.46. The van der Waals surface area contributed by atoms with Crippen LogP contribution in [0.15, 0.2) is 74.9 Å². The van der Waals surface area contributed by atoms with Crippen LogP contribution in [0, 0.1) is 23.7 Å². The molecule has 0 aromatic carbocycles. The topological polar surface area (TPSA) is 154 Å². The number of hydrogen-bond acceptors (Lipinski definition) is 10. The number of rotatable bonds is 8. The minimum Gasteiger partial charge on any atom is -0.444 e. The summed E-state index contributed by atoms with van der Waals surface area (Å²) in [7, 11) is 0. The molecule has 4 aliphatic rings. The molecule has 4 aliphatic heterocycles. The predicted molar refractivity (Wildman–Crippen MR) is 252 cm³/mol. The maximum Gasteiger partial charge on any atom is 0.410 e. The molecule has 2 amide bonds. The fourth-order valence-electron chi connectivity index (χ4n) is 7.46. The lowest BCUT2D eigenvalue weighted by Gasteiger charge is -2.24. The van der Waals surface area contributed by atoms with Crippen molar-refractivity contribution in [2.45, 2.75) is 105 Å². The summed E-state index contributed by atoms with van der Waals surface area (Å²) in [6, 6.07) is 0. The van der Waals surface area contributed by atoms with Crippen LogP contribution < -0.4 is 10.6 Å². The lowest BCUT2D eigenvalue weighted by atomic mass is 10.1. The second-order valence-electron chi connectivity index (χ2n) is 17.9. The van der Waals surface area contributed by atoms with Gasteiger partial charge in [-0.1, -0.05) is 0 Å². The third kappa shape index (κ3) is 21.2. The summed E-state index contributed by atoms with van der Waals surface area (Å²) in [5, 5.41) is 6.70. The van der Waals surface area contributed by atoms with E-state index in [1.54, 1.807) is 22.2 Å². The maximum absolute atomic E-state index is 11.9. The number of halogens is 4. The van der Waals surface area contributed by atoms with E-state index in [2.05, 4.69) is 48.8 Å². The van der Waals surface area contributed by atoms with Crippen LogP contribution >= 0.6 is 49.6 Å². The lowest BCUT2D eigenvalue weighted by molar-refractivity contribution is 0.0276.